The summed E-state index contributed by atoms with van der Waals surface area (Å²) in [6.45, 7) is 3.01. The van der Waals surface area contributed by atoms with Gasteiger partial charge in [-0.1, -0.05) is 0 Å². The number of hydrogen-bond donors (Lipinski definition) is 0. The van der Waals surface area contributed by atoms with Gasteiger partial charge in [0.2, 0.25) is 0 Å². The minimum absolute atomic E-state index is 0.0204. The molecular formula is C19H25N5O3. The van der Waals surface area contributed by atoms with E-state index in [1.807, 2.05) is 19.3 Å². The molecule has 8 nitrogen and oxygen atoms in total. The number of nitrogens with zero attached hydrogens (tertiary/aromatic N) is 5. The molecular weight excluding hydrogens is 346 g/mol. The number of nitro benzene ring substituents is 1. The van der Waals surface area contributed by atoms with Crippen molar-refractivity contribution in [1.29, 1.82) is 0 Å². The zero-order valence-electron chi connectivity index (χ0n) is 16.0. The second-order valence-corrected chi connectivity index (χ2v) is 7.53. The fourth-order valence-electron chi connectivity index (χ4n) is 4.49. The van der Waals surface area contributed by atoms with Gasteiger partial charge in [0, 0.05) is 61.3 Å². The predicted octanol–water partition coefficient (Wildman–Crippen LogP) is 2.53. The smallest absolute Gasteiger partial charge is 0.311 e. The molecule has 2 aromatic rings. The zero-order chi connectivity index (χ0) is 19.1. The molecule has 1 aromatic heterocycles. The number of aromatic nitrogens is 2. The van der Waals surface area contributed by atoms with Crippen LogP contribution < -0.4 is 9.64 Å². The molecule has 3 heterocycles. The molecule has 144 valence electrons. The quantitative estimate of drug-likeness (QED) is 0.607. The Labute approximate surface area is 158 Å². The van der Waals surface area contributed by atoms with Crippen molar-refractivity contribution in [3.8, 4) is 16.9 Å². The van der Waals surface area contributed by atoms with Gasteiger partial charge in [0.1, 0.15) is 0 Å². The molecule has 0 spiro atoms. The van der Waals surface area contributed by atoms with E-state index in [2.05, 4.69) is 21.9 Å². The molecule has 1 aromatic carbocycles. The van der Waals surface area contributed by atoms with E-state index in [4.69, 9.17) is 4.74 Å². The Morgan fingerprint density at radius 1 is 1.26 bits per heavy atom. The number of anilines is 1. The molecule has 2 unspecified atom stereocenters. The van der Waals surface area contributed by atoms with E-state index in [-0.39, 0.29) is 10.6 Å². The number of piperidine rings is 1. The van der Waals surface area contributed by atoms with Gasteiger partial charge in [0.15, 0.2) is 5.75 Å². The van der Waals surface area contributed by atoms with Crippen LogP contribution in [0.15, 0.2) is 24.5 Å². The van der Waals surface area contributed by atoms with Gasteiger partial charge in [-0.25, -0.2) is 0 Å². The SMILES string of the molecule is COc1cc(N2CCC3CCN(C)C3C2)c(-c2cnn(C)c2)cc1[N+](=O)[O-]. The van der Waals surface area contributed by atoms with E-state index in [0.29, 0.717) is 11.8 Å². The third-order valence-corrected chi connectivity index (χ3v) is 5.99. The van der Waals surface area contributed by atoms with Crippen LogP contribution in [0.2, 0.25) is 0 Å². The Kier molecular flexibility index (Phi) is 4.51. The van der Waals surface area contributed by atoms with Gasteiger partial charge in [-0.05, 0) is 32.4 Å². The molecule has 0 aliphatic carbocycles. The maximum Gasteiger partial charge on any atom is 0.311 e. The van der Waals surface area contributed by atoms with Crippen molar-refractivity contribution in [2.45, 2.75) is 18.9 Å². The maximum atomic E-state index is 11.5. The van der Waals surface area contributed by atoms with E-state index in [1.165, 1.54) is 13.5 Å². The van der Waals surface area contributed by atoms with Crippen molar-refractivity contribution in [3.05, 3.63) is 34.6 Å². The van der Waals surface area contributed by atoms with Gasteiger partial charge in [0.05, 0.1) is 18.2 Å². The summed E-state index contributed by atoms with van der Waals surface area (Å²) < 4.78 is 7.06. The average Bonchev–Trinajstić information content (AvgIpc) is 3.26. The summed E-state index contributed by atoms with van der Waals surface area (Å²) in [7, 11) is 5.51. The summed E-state index contributed by atoms with van der Waals surface area (Å²) in [5, 5.41) is 15.8. The molecule has 0 amide bonds. The molecule has 0 bridgehead atoms. The first kappa shape index (κ1) is 17.8. The maximum absolute atomic E-state index is 11.5. The minimum atomic E-state index is -0.389. The molecule has 0 saturated carbocycles. The van der Waals surface area contributed by atoms with Crippen molar-refractivity contribution in [1.82, 2.24) is 14.7 Å². The predicted molar refractivity (Wildman–Crippen MR) is 103 cm³/mol. The van der Waals surface area contributed by atoms with Gasteiger partial charge in [-0.2, -0.15) is 5.10 Å². The Balaban J connectivity index is 1.79. The Morgan fingerprint density at radius 2 is 2.04 bits per heavy atom. The number of nitro groups is 1. The van der Waals surface area contributed by atoms with E-state index in [9.17, 15) is 10.1 Å². The molecule has 0 N–H and O–H groups in total. The lowest BCUT2D eigenvalue weighted by Crippen LogP contribution is -2.47. The van der Waals surface area contributed by atoms with Gasteiger partial charge in [-0.15, -0.1) is 0 Å². The number of benzene rings is 1. The third-order valence-electron chi connectivity index (χ3n) is 5.99. The van der Waals surface area contributed by atoms with Crippen molar-refractivity contribution >= 4 is 11.4 Å². The van der Waals surface area contributed by atoms with E-state index >= 15 is 0 Å². The van der Waals surface area contributed by atoms with Crippen LogP contribution in [0.1, 0.15) is 12.8 Å². The minimum Gasteiger partial charge on any atom is -0.490 e. The van der Waals surface area contributed by atoms with Crippen LogP contribution in [-0.2, 0) is 7.05 Å². The molecule has 2 aliphatic rings. The molecule has 4 rings (SSSR count). The second-order valence-electron chi connectivity index (χ2n) is 7.53. The first-order valence-corrected chi connectivity index (χ1v) is 9.28. The van der Waals surface area contributed by atoms with Crippen molar-refractivity contribution in [2.75, 3.05) is 38.7 Å². The second kappa shape index (κ2) is 6.84. The fraction of sp³-hybridized carbons (Fsp3) is 0.526. The number of rotatable bonds is 4. The summed E-state index contributed by atoms with van der Waals surface area (Å²) in [5.74, 6) is 1.04. The molecule has 8 heteroatoms. The number of methoxy groups -OCH3 is 1. The first-order chi connectivity index (χ1) is 13.0. The topological polar surface area (TPSA) is 76.7 Å². The van der Waals surface area contributed by atoms with Crippen LogP contribution in [0, 0.1) is 16.0 Å². The van der Waals surface area contributed by atoms with E-state index in [1.54, 1.807) is 16.9 Å². The first-order valence-electron chi connectivity index (χ1n) is 9.28. The lowest BCUT2D eigenvalue weighted by Gasteiger charge is -2.39. The largest absolute Gasteiger partial charge is 0.490 e. The van der Waals surface area contributed by atoms with Crippen LogP contribution in [0.25, 0.3) is 11.1 Å². The van der Waals surface area contributed by atoms with Crippen LogP contribution in [0.4, 0.5) is 11.4 Å². The number of ether oxygens (including phenoxy) is 1. The van der Waals surface area contributed by atoms with Crippen LogP contribution in [0.5, 0.6) is 5.75 Å². The highest BCUT2D eigenvalue weighted by Crippen LogP contribution is 2.42. The highest BCUT2D eigenvalue weighted by molar-refractivity contribution is 5.82. The van der Waals surface area contributed by atoms with Crippen LogP contribution in [0.3, 0.4) is 0 Å². The number of hydrogen-bond acceptors (Lipinski definition) is 6. The fourth-order valence-corrected chi connectivity index (χ4v) is 4.49. The molecule has 2 fully saturated rings. The Morgan fingerprint density at radius 3 is 2.70 bits per heavy atom. The van der Waals surface area contributed by atoms with Crippen molar-refractivity contribution in [3.63, 3.8) is 0 Å². The van der Waals surface area contributed by atoms with Gasteiger partial charge < -0.3 is 14.5 Å². The molecule has 2 aliphatic heterocycles. The van der Waals surface area contributed by atoms with Gasteiger partial charge in [-0.3, -0.25) is 14.8 Å². The number of fused-ring (bicyclic) bond motifs is 1. The standard InChI is InChI=1S/C19H25N5O3/c1-21-6-4-13-5-7-23(12-18(13)21)16-9-19(27-3)17(24(25)26)8-15(16)14-10-20-22(2)11-14/h8-11,13,18H,4-7,12H2,1-3H3. The number of likely N-dealkylation sites (tertiary alicyclic amines) is 1. The van der Waals surface area contributed by atoms with Gasteiger partial charge in [0.25, 0.3) is 0 Å². The number of aryl methyl sites for hydroxylation is 1. The lowest BCUT2D eigenvalue weighted by molar-refractivity contribution is -0.385. The van der Waals surface area contributed by atoms with Crippen LogP contribution >= 0.6 is 0 Å². The highest BCUT2D eigenvalue weighted by Gasteiger charge is 2.37. The Bertz CT molecular complexity index is 865. The highest BCUT2D eigenvalue weighted by atomic mass is 16.6. The van der Waals surface area contributed by atoms with E-state index in [0.717, 1.165) is 48.8 Å². The zero-order valence-corrected chi connectivity index (χ0v) is 16.0. The summed E-state index contributed by atoms with van der Waals surface area (Å²) in [4.78, 5) is 15.9. The summed E-state index contributed by atoms with van der Waals surface area (Å²) in [6, 6.07) is 3.97. The molecule has 27 heavy (non-hydrogen) atoms. The summed E-state index contributed by atoms with van der Waals surface area (Å²) in [5.41, 5.74) is 2.66. The van der Waals surface area contributed by atoms with Crippen LogP contribution in [-0.4, -0.2) is 59.4 Å². The van der Waals surface area contributed by atoms with E-state index < -0.39 is 0 Å². The molecule has 2 saturated heterocycles. The lowest BCUT2D eigenvalue weighted by atomic mass is 9.91. The molecule has 0 radical (unpaired) electrons. The van der Waals surface area contributed by atoms with Crippen molar-refractivity contribution < 1.29 is 9.66 Å². The third kappa shape index (κ3) is 3.14. The average molecular weight is 371 g/mol. The summed E-state index contributed by atoms with van der Waals surface area (Å²) >= 11 is 0. The molecule has 2 atom stereocenters. The Hall–Kier alpha value is -2.61. The summed E-state index contributed by atoms with van der Waals surface area (Å²) in [6.07, 6.45) is 6.04. The normalized spacial score (nSPS) is 22.7. The van der Waals surface area contributed by atoms with Crippen molar-refractivity contribution in [2.24, 2.45) is 13.0 Å². The number of likely N-dealkylation sites (N-methyl/N-ethyl adjacent to an activating group) is 1. The monoisotopic (exact) mass is 371 g/mol. The van der Waals surface area contributed by atoms with Gasteiger partial charge >= 0.3 is 5.69 Å².